The van der Waals surface area contributed by atoms with Crippen molar-refractivity contribution >= 4 is 21.8 Å². The minimum absolute atomic E-state index is 0.926. The van der Waals surface area contributed by atoms with Crippen molar-refractivity contribution in [1.29, 1.82) is 0 Å². The van der Waals surface area contributed by atoms with Gasteiger partial charge in [0.05, 0.1) is 11.4 Å². The molecule has 2 heteroatoms. The third-order valence-corrected chi connectivity index (χ3v) is 7.59. The van der Waals surface area contributed by atoms with E-state index in [0.717, 1.165) is 29.1 Å². The van der Waals surface area contributed by atoms with E-state index in [-0.39, 0.29) is 0 Å². The fraction of sp³-hybridized carbons (Fsp3) is 0.0541. The highest BCUT2D eigenvalue weighted by atomic mass is 15.0. The van der Waals surface area contributed by atoms with Gasteiger partial charge in [-0.15, -0.1) is 0 Å². The van der Waals surface area contributed by atoms with E-state index in [4.69, 9.17) is 4.98 Å². The van der Waals surface area contributed by atoms with Crippen LogP contribution in [0.25, 0.3) is 66.6 Å². The number of benzene rings is 5. The molecule has 0 aliphatic rings. The topological polar surface area (TPSA) is 17.8 Å². The van der Waals surface area contributed by atoms with Crippen LogP contribution in [0.15, 0.2) is 140 Å². The number of hydrogen-bond acceptors (Lipinski definition) is 1. The number of aromatic nitrogens is 2. The van der Waals surface area contributed by atoms with E-state index in [1.807, 2.05) is 12.1 Å². The van der Waals surface area contributed by atoms with Crippen molar-refractivity contribution in [2.75, 3.05) is 0 Å². The molecule has 0 N–H and O–H groups in total. The summed E-state index contributed by atoms with van der Waals surface area (Å²) in [7, 11) is 0. The first-order valence-corrected chi connectivity index (χ1v) is 13.5. The van der Waals surface area contributed by atoms with Crippen molar-refractivity contribution in [3.05, 3.63) is 140 Å². The molecular weight excluding hydrogens is 472 g/mol. The van der Waals surface area contributed by atoms with Gasteiger partial charge in [-0.3, -0.25) is 0 Å². The summed E-state index contributed by atoms with van der Waals surface area (Å²) in [4.78, 5) is 5.07. The molecule has 0 atom stereocenters. The highest BCUT2D eigenvalue weighted by molar-refractivity contribution is 6.10. The van der Waals surface area contributed by atoms with Gasteiger partial charge in [-0.1, -0.05) is 103 Å². The molecule has 0 bridgehead atoms. The van der Waals surface area contributed by atoms with Gasteiger partial charge in [0, 0.05) is 39.5 Å². The van der Waals surface area contributed by atoms with Crippen LogP contribution < -0.4 is 0 Å². The Morgan fingerprint density at radius 3 is 1.33 bits per heavy atom. The lowest BCUT2D eigenvalue weighted by atomic mass is 9.98. The van der Waals surface area contributed by atoms with Crippen molar-refractivity contribution in [2.45, 2.75) is 13.5 Å². The van der Waals surface area contributed by atoms with E-state index in [2.05, 4.69) is 139 Å². The molecule has 0 fully saturated rings. The van der Waals surface area contributed by atoms with E-state index in [1.165, 1.54) is 44.1 Å². The van der Waals surface area contributed by atoms with Gasteiger partial charge in [0.2, 0.25) is 0 Å². The molecule has 7 rings (SSSR count). The predicted octanol–water partition coefficient (Wildman–Crippen LogP) is 9.88. The highest BCUT2D eigenvalue weighted by Gasteiger charge is 2.14. The third-order valence-electron chi connectivity index (χ3n) is 7.59. The molecule has 186 valence electrons. The number of hydrogen-bond donors (Lipinski definition) is 0. The summed E-state index contributed by atoms with van der Waals surface area (Å²) in [5.41, 5.74) is 11.6. The van der Waals surface area contributed by atoms with Crippen molar-refractivity contribution in [1.82, 2.24) is 9.55 Å². The van der Waals surface area contributed by atoms with Crippen molar-refractivity contribution in [3.8, 4) is 44.8 Å². The summed E-state index contributed by atoms with van der Waals surface area (Å²) in [5.74, 6) is 0. The average molecular weight is 501 g/mol. The maximum absolute atomic E-state index is 5.07. The van der Waals surface area contributed by atoms with Crippen LogP contribution in [0.5, 0.6) is 0 Å². The van der Waals surface area contributed by atoms with Crippen LogP contribution in [0.2, 0.25) is 0 Å². The van der Waals surface area contributed by atoms with Gasteiger partial charge in [-0.05, 0) is 65.6 Å². The van der Waals surface area contributed by atoms with Gasteiger partial charge < -0.3 is 4.57 Å². The first kappa shape index (κ1) is 23.2. The Morgan fingerprint density at radius 2 is 0.872 bits per heavy atom. The maximum Gasteiger partial charge on any atom is 0.0715 e. The number of fused-ring (bicyclic) bond motifs is 3. The predicted molar refractivity (Wildman–Crippen MR) is 165 cm³/mol. The fourth-order valence-corrected chi connectivity index (χ4v) is 5.65. The summed E-state index contributed by atoms with van der Waals surface area (Å²) in [5, 5.41) is 2.57. The highest BCUT2D eigenvalue weighted by Crippen LogP contribution is 2.37. The second-order valence-corrected chi connectivity index (χ2v) is 9.93. The normalized spacial score (nSPS) is 11.3. The van der Waals surface area contributed by atoms with Gasteiger partial charge >= 0.3 is 0 Å². The molecule has 0 spiro atoms. The van der Waals surface area contributed by atoms with Crippen LogP contribution in [0.3, 0.4) is 0 Å². The molecule has 0 saturated carbocycles. The van der Waals surface area contributed by atoms with Gasteiger partial charge in [0.25, 0.3) is 0 Å². The zero-order chi connectivity index (χ0) is 26.2. The lowest BCUT2D eigenvalue weighted by Gasteiger charge is -2.11. The SMILES string of the molecule is CCn1c2ccc(-c3ccccc3)cc2c2cc(-c3cc(-c4ccccc4)nc(-c4ccccc4)c3)ccc21. The number of rotatable bonds is 5. The van der Waals surface area contributed by atoms with Crippen LogP contribution in [-0.4, -0.2) is 9.55 Å². The van der Waals surface area contributed by atoms with Crippen LogP contribution in [0.1, 0.15) is 6.92 Å². The molecule has 2 nitrogen and oxygen atoms in total. The molecule has 0 saturated heterocycles. The van der Waals surface area contributed by atoms with Crippen LogP contribution in [-0.2, 0) is 6.54 Å². The molecule has 7 aromatic rings. The zero-order valence-electron chi connectivity index (χ0n) is 21.9. The Kier molecular flexibility index (Phi) is 5.79. The molecule has 0 radical (unpaired) electrons. The molecule has 39 heavy (non-hydrogen) atoms. The quantitative estimate of drug-likeness (QED) is 0.230. The van der Waals surface area contributed by atoms with Crippen LogP contribution >= 0.6 is 0 Å². The van der Waals surface area contributed by atoms with Gasteiger partial charge in [-0.25, -0.2) is 4.98 Å². The summed E-state index contributed by atoms with van der Waals surface area (Å²) in [6, 6.07) is 49.7. The smallest absolute Gasteiger partial charge is 0.0715 e. The fourth-order valence-electron chi connectivity index (χ4n) is 5.65. The number of aryl methyl sites for hydroxylation is 1. The average Bonchev–Trinajstić information content (AvgIpc) is 3.34. The Labute approximate surface area is 228 Å². The van der Waals surface area contributed by atoms with Crippen LogP contribution in [0.4, 0.5) is 0 Å². The number of pyridine rings is 1. The maximum atomic E-state index is 5.07. The molecule has 0 aliphatic heterocycles. The summed E-state index contributed by atoms with van der Waals surface area (Å²) in [6.45, 7) is 3.15. The standard InChI is InChI=1S/C37H28N2/c1-2-39-36-20-18-29(26-12-6-3-7-13-26)22-32(36)33-23-30(19-21-37(33)39)31-24-34(27-14-8-4-9-15-27)38-35(25-31)28-16-10-5-11-17-28/h3-25H,2H2,1H3. The second kappa shape index (κ2) is 9.74. The lowest BCUT2D eigenvalue weighted by Crippen LogP contribution is -1.93. The Morgan fingerprint density at radius 1 is 0.436 bits per heavy atom. The van der Waals surface area contributed by atoms with Crippen molar-refractivity contribution in [3.63, 3.8) is 0 Å². The Balaban J connectivity index is 1.44. The monoisotopic (exact) mass is 500 g/mol. The third kappa shape index (κ3) is 4.20. The van der Waals surface area contributed by atoms with E-state index in [1.54, 1.807) is 0 Å². The summed E-state index contributed by atoms with van der Waals surface area (Å²) >= 11 is 0. The van der Waals surface area contributed by atoms with E-state index < -0.39 is 0 Å². The zero-order valence-corrected chi connectivity index (χ0v) is 21.9. The number of nitrogens with zero attached hydrogens (tertiary/aromatic N) is 2. The molecule has 2 heterocycles. The Bertz CT molecular complexity index is 1860. The largest absolute Gasteiger partial charge is 0.341 e. The van der Waals surface area contributed by atoms with E-state index in [0.29, 0.717) is 0 Å². The molecule has 5 aromatic carbocycles. The van der Waals surface area contributed by atoms with Gasteiger partial charge in [0.1, 0.15) is 0 Å². The van der Waals surface area contributed by atoms with Gasteiger partial charge in [-0.2, -0.15) is 0 Å². The molecule has 2 aromatic heterocycles. The summed E-state index contributed by atoms with van der Waals surface area (Å²) in [6.07, 6.45) is 0. The second-order valence-electron chi connectivity index (χ2n) is 9.93. The first-order chi connectivity index (χ1) is 19.3. The van der Waals surface area contributed by atoms with Crippen molar-refractivity contribution < 1.29 is 0 Å². The summed E-state index contributed by atoms with van der Waals surface area (Å²) < 4.78 is 2.42. The lowest BCUT2D eigenvalue weighted by molar-refractivity contribution is 0.827. The minimum atomic E-state index is 0.926. The van der Waals surface area contributed by atoms with Gasteiger partial charge in [0.15, 0.2) is 0 Å². The Hall–Kier alpha value is -4.95. The molecular formula is C37H28N2. The molecule has 0 aliphatic carbocycles. The van der Waals surface area contributed by atoms with Crippen LogP contribution in [0, 0.1) is 0 Å². The molecule has 0 amide bonds. The van der Waals surface area contributed by atoms with E-state index >= 15 is 0 Å². The minimum Gasteiger partial charge on any atom is -0.341 e. The van der Waals surface area contributed by atoms with Crippen molar-refractivity contribution in [2.24, 2.45) is 0 Å². The van der Waals surface area contributed by atoms with E-state index in [9.17, 15) is 0 Å². The first-order valence-electron chi connectivity index (χ1n) is 13.5. The molecule has 0 unspecified atom stereocenters.